The van der Waals surface area contributed by atoms with E-state index in [1.807, 2.05) is 6.92 Å². The molecule has 0 fully saturated rings. The summed E-state index contributed by atoms with van der Waals surface area (Å²) < 4.78 is 13.6. The van der Waals surface area contributed by atoms with Gasteiger partial charge in [-0.25, -0.2) is 4.39 Å². The minimum absolute atomic E-state index is 0.102. The Balaban J connectivity index is 2.98. The Kier molecular flexibility index (Phi) is 5.76. The van der Waals surface area contributed by atoms with Crippen molar-refractivity contribution in [3.05, 3.63) is 34.6 Å². The summed E-state index contributed by atoms with van der Waals surface area (Å²) in [6, 6.07) is 3.78. The second kappa shape index (κ2) is 7.09. The molecule has 0 aliphatic carbocycles. The molecule has 1 aromatic rings. The minimum atomic E-state index is -0.646. The Morgan fingerprint density at radius 3 is 2.68 bits per heavy atom. The number of hydrogen-bond donors (Lipinski definition) is 1. The molecule has 1 N–H and O–H groups in total. The molecule has 0 saturated heterocycles. The fourth-order valence-corrected chi connectivity index (χ4v) is 1.78. The van der Waals surface area contributed by atoms with E-state index in [0.29, 0.717) is 13.0 Å². The molecule has 1 rings (SSSR count). The van der Waals surface area contributed by atoms with Crippen LogP contribution in [0.4, 0.5) is 4.39 Å². The van der Waals surface area contributed by atoms with E-state index in [2.05, 4.69) is 5.32 Å². The van der Waals surface area contributed by atoms with Crippen molar-refractivity contribution in [1.29, 1.82) is 0 Å². The predicted molar refractivity (Wildman–Crippen MR) is 71.7 cm³/mol. The molecular weight excluding hydrogens is 271 g/mol. The second-order valence-electron chi connectivity index (χ2n) is 4.02. The molecule has 104 valence electrons. The Bertz CT molecular complexity index is 480. The highest BCUT2D eigenvalue weighted by molar-refractivity contribution is 6.31. The third kappa shape index (κ3) is 4.21. The molecule has 0 aliphatic rings. The lowest BCUT2D eigenvalue weighted by Gasteiger charge is -2.21. The van der Waals surface area contributed by atoms with Gasteiger partial charge in [0.25, 0.3) is 5.91 Å². The molecule has 4 nitrogen and oxygen atoms in total. The monoisotopic (exact) mass is 286 g/mol. The summed E-state index contributed by atoms with van der Waals surface area (Å²) in [5.74, 6) is -1.48. The van der Waals surface area contributed by atoms with Crippen LogP contribution in [-0.4, -0.2) is 36.9 Å². The van der Waals surface area contributed by atoms with Gasteiger partial charge in [0.15, 0.2) is 0 Å². The Hall–Kier alpha value is -1.62. The van der Waals surface area contributed by atoms with Crippen molar-refractivity contribution in [1.82, 2.24) is 10.2 Å². The minimum Gasteiger partial charge on any atom is -0.358 e. The van der Waals surface area contributed by atoms with Crippen molar-refractivity contribution in [3.8, 4) is 0 Å². The van der Waals surface area contributed by atoms with Crippen LogP contribution >= 0.6 is 11.6 Å². The van der Waals surface area contributed by atoms with E-state index in [1.165, 1.54) is 24.1 Å². The van der Waals surface area contributed by atoms with E-state index in [1.54, 1.807) is 0 Å². The molecule has 0 heterocycles. The number of carbonyl (C=O) groups excluding carboxylic acids is 2. The average molecular weight is 287 g/mol. The first kappa shape index (κ1) is 15.4. The number of nitrogens with one attached hydrogen (secondary N) is 1. The van der Waals surface area contributed by atoms with Crippen molar-refractivity contribution in [2.45, 2.75) is 13.3 Å². The number of rotatable bonds is 5. The van der Waals surface area contributed by atoms with Crippen LogP contribution in [0.2, 0.25) is 5.02 Å². The van der Waals surface area contributed by atoms with Gasteiger partial charge in [0, 0.05) is 18.6 Å². The number of amides is 2. The zero-order chi connectivity index (χ0) is 14.4. The quantitative estimate of drug-likeness (QED) is 0.901. The van der Waals surface area contributed by atoms with Crippen molar-refractivity contribution < 1.29 is 14.0 Å². The molecule has 0 unspecified atom stereocenters. The summed E-state index contributed by atoms with van der Waals surface area (Å²) in [6.45, 7) is 2.14. The Morgan fingerprint density at radius 1 is 1.42 bits per heavy atom. The maximum atomic E-state index is 13.6. The molecule has 0 bridgehead atoms. The predicted octanol–water partition coefficient (Wildman–Crippen LogP) is 2.08. The van der Waals surface area contributed by atoms with Gasteiger partial charge in [0.1, 0.15) is 5.82 Å². The molecule has 0 aliphatic heterocycles. The lowest BCUT2D eigenvalue weighted by molar-refractivity contribution is -0.121. The molecule has 0 aromatic heterocycles. The van der Waals surface area contributed by atoms with Crippen LogP contribution in [0.15, 0.2) is 18.2 Å². The number of likely N-dealkylation sites (N-methyl/N-ethyl adjacent to an activating group) is 1. The van der Waals surface area contributed by atoms with E-state index < -0.39 is 11.7 Å². The summed E-state index contributed by atoms with van der Waals surface area (Å²) in [6.07, 6.45) is 0.672. The van der Waals surface area contributed by atoms with Crippen LogP contribution in [-0.2, 0) is 4.79 Å². The first-order valence-corrected chi connectivity index (χ1v) is 6.32. The topological polar surface area (TPSA) is 49.4 Å². The van der Waals surface area contributed by atoms with Crippen molar-refractivity contribution in [3.63, 3.8) is 0 Å². The van der Waals surface area contributed by atoms with Gasteiger partial charge < -0.3 is 10.2 Å². The molecule has 1 aromatic carbocycles. The highest BCUT2D eigenvalue weighted by Gasteiger charge is 2.20. The normalized spacial score (nSPS) is 10.1. The summed E-state index contributed by atoms with van der Waals surface area (Å²) in [5.41, 5.74) is -0.121. The van der Waals surface area contributed by atoms with Crippen LogP contribution in [0.25, 0.3) is 0 Å². The average Bonchev–Trinajstić information content (AvgIpc) is 2.40. The van der Waals surface area contributed by atoms with Crippen LogP contribution in [0.5, 0.6) is 0 Å². The van der Waals surface area contributed by atoms with Crippen molar-refractivity contribution >= 4 is 23.4 Å². The first-order valence-electron chi connectivity index (χ1n) is 5.94. The first-order chi connectivity index (χ1) is 8.99. The lowest BCUT2D eigenvalue weighted by atomic mass is 10.1. The summed E-state index contributed by atoms with van der Waals surface area (Å²) in [5, 5.41) is 2.71. The largest absolute Gasteiger partial charge is 0.358 e. The van der Waals surface area contributed by atoms with E-state index in [4.69, 9.17) is 11.6 Å². The third-order valence-electron chi connectivity index (χ3n) is 2.55. The number of nitrogens with zero attached hydrogens (tertiary/aromatic N) is 1. The van der Waals surface area contributed by atoms with Gasteiger partial charge in [0.2, 0.25) is 5.91 Å². The summed E-state index contributed by atoms with van der Waals surface area (Å²) in [4.78, 5) is 24.9. The van der Waals surface area contributed by atoms with E-state index in [0.717, 1.165) is 6.07 Å². The molecule has 0 radical (unpaired) electrons. The van der Waals surface area contributed by atoms with Gasteiger partial charge in [-0.3, -0.25) is 9.59 Å². The molecular formula is C13H16ClFN2O2. The fourth-order valence-electron chi connectivity index (χ4n) is 1.61. The van der Waals surface area contributed by atoms with E-state index >= 15 is 0 Å². The van der Waals surface area contributed by atoms with E-state index in [9.17, 15) is 14.0 Å². The Morgan fingerprint density at radius 2 is 2.11 bits per heavy atom. The van der Waals surface area contributed by atoms with Gasteiger partial charge in [-0.15, -0.1) is 0 Å². The van der Waals surface area contributed by atoms with Crippen LogP contribution < -0.4 is 5.32 Å². The van der Waals surface area contributed by atoms with Gasteiger partial charge in [0.05, 0.1) is 12.1 Å². The van der Waals surface area contributed by atoms with Gasteiger partial charge >= 0.3 is 0 Å². The SMILES string of the molecule is CCCN(CC(=O)NC)C(=O)c1cc(Cl)ccc1F. The molecule has 19 heavy (non-hydrogen) atoms. The van der Waals surface area contributed by atoms with Crippen molar-refractivity contribution in [2.24, 2.45) is 0 Å². The zero-order valence-electron chi connectivity index (χ0n) is 10.9. The van der Waals surface area contributed by atoms with Crippen molar-refractivity contribution in [2.75, 3.05) is 20.1 Å². The van der Waals surface area contributed by atoms with Crippen LogP contribution in [0, 0.1) is 5.82 Å². The molecule has 0 saturated carbocycles. The molecule has 0 atom stereocenters. The Labute approximate surface area is 116 Å². The fraction of sp³-hybridized carbons (Fsp3) is 0.385. The molecule has 6 heteroatoms. The number of carbonyl (C=O) groups is 2. The van der Waals surface area contributed by atoms with Crippen LogP contribution in [0.1, 0.15) is 23.7 Å². The second-order valence-corrected chi connectivity index (χ2v) is 4.46. The lowest BCUT2D eigenvalue weighted by Crippen LogP contribution is -2.40. The van der Waals surface area contributed by atoms with Gasteiger partial charge in [-0.2, -0.15) is 0 Å². The number of benzene rings is 1. The molecule has 2 amide bonds. The number of halogens is 2. The van der Waals surface area contributed by atoms with Crippen LogP contribution in [0.3, 0.4) is 0 Å². The maximum absolute atomic E-state index is 13.6. The highest BCUT2D eigenvalue weighted by atomic mass is 35.5. The van der Waals surface area contributed by atoms with Gasteiger partial charge in [-0.1, -0.05) is 18.5 Å². The summed E-state index contributed by atoms with van der Waals surface area (Å²) >= 11 is 5.76. The third-order valence-corrected chi connectivity index (χ3v) is 2.79. The highest BCUT2D eigenvalue weighted by Crippen LogP contribution is 2.17. The molecule has 0 spiro atoms. The smallest absolute Gasteiger partial charge is 0.257 e. The van der Waals surface area contributed by atoms with E-state index in [-0.39, 0.29) is 23.0 Å². The summed E-state index contributed by atoms with van der Waals surface area (Å²) in [7, 11) is 1.48. The standard InChI is InChI=1S/C13H16ClFN2O2/c1-3-6-17(8-12(18)16-2)13(19)10-7-9(14)4-5-11(10)15/h4-5,7H,3,6,8H2,1-2H3,(H,16,18). The zero-order valence-corrected chi connectivity index (χ0v) is 11.6. The number of hydrogen-bond acceptors (Lipinski definition) is 2. The maximum Gasteiger partial charge on any atom is 0.257 e. The van der Waals surface area contributed by atoms with Gasteiger partial charge in [-0.05, 0) is 24.6 Å².